The van der Waals surface area contributed by atoms with Gasteiger partial charge < -0.3 is 15.2 Å². The smallest absolute Gasteiger partial charge is 0.408 e. The summed E-state index contributed by atoms with van der Waals surface area (Å²) in [5.41, 5.74) is 3.89. The highest BCUT2D eigenvalue weighted by molar-refractivity contribution is 5.82. The Morgan fingerprint density at radius 1 is 1.08 bits per heavy atom. The van der Waals surface area contributed by atoms with E-state index in [-0.39, 0.29) is 5.92 Å². The van der Waals surface area contributed by atoms with Crippen molar-refractivity contribution in [3.63, 3.8) is 0 Å². The number of nitrogens with one attached hydrogen (secondary N) is 1. The van der Waals surface area contributed by atoms with Crippen molar-refractivity contribution in [3.05, 3.63) is 59.7 Å². The van der Waals surface area contributed by atoms with Gasteiger partial charge in [-0.1, -0.05) is 68.8 Å². The zero-order valence-electron chi connectivity index (χ0n) is 14.2. The summed E-state index contributed by atoms with van der Waals surface area (Å²) >= 11 is 0. The van der Waals surface area contributed by atoms with E-state index in [0.717, 1.165) is 22.3 Å². The van der Waals surface area contributed by atoms with Crippen molar-refractivity contribution in [2.45, 2.75) is 32.4 Å². The fraction of sp³-hybridized carbons (Fsp3) is 0.300. The first-order chi connectivity index (χ1) is 12.0. The van der Waals surface area contributed by atoms with Gasteiger partial charge >= 0.3 is 12.1 Å². The number of hydrogen-bond donors (Lipinski definition) is 2. The Morgan fingerprint density at radius 2 is 1.60 bits per heavy atom. The Bertz CT molecular complexity index is 756. The number of amides is 1. The molecule has 0 fully saturated rings. The second kappa shape index (κ2) is 6.97. The van der Waals surface area contributed by atoms with E-state index >= 15 is 0 Å². The van der Waals surface area contributed by atoms with Crippen LogP contribution in [0, 0.1) is 5.92 Å². The van der Waals surface area contributed by atoms with E-state index in [1.807, 2.05) is 55.5 Å². The van der Waals surface area contributed by atoms with E-state index in [9.17, 15) is 14.7 Å². The number of aliphatic carboxylic acids is 1. The molecular formula is C20H21NO4. The van der Waals surface area contributed by atoms with Crippen molar-refractivity contribution < 1.29 is 19.4 Å². The van der Waals surface area contributed by atoms with Gasteiger partial charge in [-0.15, -0.1) is 0 Å². The summed E-state index contributed by atoms with van der Waals surface area (Å²) in [5, 5.41) is 11.8. The maximum Gasteiger partial charge on any atom is 0.408 e. The molecule has 0 radical (unpaired) electrons. The summed E-state index contributed by atoms with van der Waals surface area (Å²) in [6, 6.07) is 14.6. The van der Waals surface area contributed by atoms with Gasteiger partial charge in [-0.2, -0.15) is 0 Å². The second-order valence-corrected chi connectivity index (χ2v) is 6.31. The Balaban J connectivity index is 1.83. The van der Waals surface area contributed by atoms with Crippen LogP contribution in [0.5, 0.6) is 0 Å². The molecule has 0 saturated carbocycles. The van der Waals surface area contributed by atoms with Gasteiger partial charge in [-0.3, -0.25) is 0 Å². The predicted octanol–water partition coefficient (Wildman–Crippen LogP) is 3.98. The summed E-state index contributed by atoms with van der Waals surface area (Å²) in [6.07, 6.45) is -0.602. The highest BCUT2D eigenvalue weighted by Gasteiger charge is 2.33. The van der Waals surface area contributed by atoms with Gasteiger partial charge in [0, 0.05) is 11.1 Å². The molecule has 1 aliphatic carbocycles. The maximum absolute atomic E-state index is 12.4. The quantitative estimate of drug-likeness (QED) is 0.864. The number of rotatable bonds is 5. The zero-order valence-corrected chi connectivity index (χ0v) is 14.2. The fourth-order valence-corrected chi connectivity index (χ4v) is 3.19. The number of benzene rings is 2. The first kappa shape index (κ1) is 17.0. The number of carbonyl (C=O) groups is 2. The monoisotopic (exact) mass is 339 g/mol. The van der Waals surface area contributed by atoms with Crippen LogP contribution in [-0.2, 0) is 9.53 Å². The summed E-state index contributed by atoms with van der Waals surface area (Å²) < 4.78 is 5.63. The molecule has 0 bridgehead atoms. The molecule has 130 valence electrons. The third-order valence-corrected chi connectivity index (χ3v) is 4.75. The lowest BCUT2D eigenvalue weighted by atomic mass is 10.00. The second-order valence-electron chi connectivity index (χ2n) is 6.31. The van der Waals surface area contributed by atoms with E-state index in [1.54, 1.807) is 6.92 Å². The van der Waals surface area contributed by atoms with Gasteiger partial charge in [0.15, 0.2) is 6.10 Å². The molecule has 0 saturated heterocycles. The Morgan fingerprint density at radius 3 is 2.08 bits per heavy atom. The molecule has 5 heteroatoms. The third kappa shape index (κ3) is 3.22. The first-order valence-corrected chi connectivity index (χ1v) is 8.41. The number of carbonyl (C=O) groups excluding carboxylic acids is 1. The first-order valence-electron chi connectivity index (χ1n) is 8.41. The lowest BCUT2D eigenvalue weighted by Crippen LogP contribution is -2.45. The number of alkyl carbamates (subject to hydrolysis) is 1. The van der Waals surface area contributed by atoms with Gasteiger partial charge in [0.1, 0.15) is 6.04 Å². The van der Waals surface area contributed by atoms with Crippen LogP contribution in [0.25, 0.3) is 11.1 Å². The minimum atomic E-state index is -1.06. The summed E-state index contributed by atoms with van der Waals surface area (Å²) in [7, 11) is 0. The van der Waals surface area contributed by atoms with Crippen LogP contribution in [0.2, 0.25) is 0 Å². The molecule has 1 amide bonds. The highest BCUT2D eigenvalue weighted by Crippen LogP contribution is 2.44. The van der Waals surface area contributed by atoms with Crippen LogP contribution in [0.4, 0.5) is 4.79 Å². The SMILES string of the molecule is CCC(C)[C@@H](NC(=O)OC1c2ccccc2-c2ccccc21)C(=O)O. The van der Waals surface area contributed by atoms with Crippen molar-refractivity contribution >= 4 is 12.1 Å². The molecule has 25 heavy (non-hydrogen) atoms. The van der Waals surface area contributed by atoms with Crippen molar-refractivity contribution in [1.29, 1.82) is 0 Å². The molecule has 1 unspecified atom stereocenters. The molecule has 1 aliphatic rings. The van der Waals surface area contributed by atoms with Gasteiger partial charge in [-0.25, -0.2) is 9.59 Å². The summed E-state index contributed by atoms with van der Waals surface area (Å²) in [6.45, 7) is 3.68. The number of carboxylic acids is 1. The summed E-state index contributed by atoms with van der Waals surface area (Å²) in [5.74, 6) is -1.24. The Kier molecular flexibility index (Phi) is 4.74. The van der Waals surface area contributed by atoms with Crippen LogP contribution < -0.4 is 5.32 Å². The number of fused-ring (bicyclic) bond motifs is 3. The van der Waals surface area contributed by atoms with E-state index in [2.05, 4.69) is 5.32 Å². The normalized spacial score (nSPS) is 15.0. The zero-order chi connectivity index (χ0) is 18.0. The largest absolute Gasteiger partial charge is 0.480 e. The minimum Gasteiger partial charge on any atom is -0.480 e. The van der Waals surface area contributed by atoms with Crippen LogP contribution in [0.1, 0.15) is 37.5 Å². The minimum absolute atomic E-state index is 0.187. The molecule has 5 nitrogen and oxygen atoms in total. The topological polar surface area (TPSA) is 75.6 Å². The molecular weight excluding hydrogens is 318 g/mol. The molecule has 2 N–H and O–H groups in total. The van der Waals surface area contributed by atoms with E-state index in [0.29, 0.717) is 6.42 Å². The van der Waals surface area contributed by atoms with Crippen LogP contribution >= 0.6 is 0 Å². The van der Waals surface area contributed by atoms with E-state index in [4.69, 9.17) is 4.74 Å². The Labute approximate surface area is 146 Å². The molecule has 3 rings (SSSR count). The van der Waals surface area contributed by atoms with Crippen molar-refractivity contribution in [1.82, 2.24) is 5.32 Å². The van der Waals surface area contributed by atoms with E-state index < -0.39 is 24.2 Å². The number of hydrogen-bond acceptors (Lipinski definition) is 3. The molecule has 0 aliphatic heterocycles. The number of ether oxygens (including phenoxy) is 1. The lowest BCUT2D eigenvalue weighted by molar-refractivity contribution is -0.140. The molecule has 2 aromatic carbocycles. The highest BCUT2D eigenvalue weighted by atomic mass is 16.6. The molecule has 2 atom stereocenters. The van der Waals surface area contributed by atoms with E-state index in [1.165, 1.54) is 0 Å². The third-order valence-electron chi connectivity index (χ3n) is 4.75. The van der Waals surface area contributed by atoms with Crippen molar-refractivity contribution in [2.24, 2.45) is 5.92 Å². The standard InChI is InChI=1S/C20H21NO4/c1-3-12(2)17(19(22)23)21-20(24)25-18-15-10-6-4-8-13(15)14-9-5-7-11-16(14)18/h4-12,17-18H,3H2,1-2H3,(H,21,24)(H,22,23)/t12?,17-/m1/s1. The van der Waals surface area contributed by atoms with Crippen LogP contribution in [0.3, 0.4) is 0 Å². The van der Waals surface area contributed by atoms with Gasteiger partial charge in [0.2, 0.25) is 0 Å². The molecule has 2 aromatic rings. The lowest BCUT2D eigenvalue weighted by Gasteiger charge is -2.22. The molecule has 0 heterocycles. The predicted molar refractivity (Wildman–Crippen MR) is 94.2 cm³/mol. The molecule has 0 spiro atoms. The average Bonchev–Trinajstić information content (AvgIpc) is 2.93. The van der Waals surface area contributed by atoms with Gasteiger partial charge in [0.25, 0.3) is 0 Å². The van der Waals surface area contributed by atoms with Gasteiger partial charge in [0.05, 0.1) is 0 Å². The molecule has 0 aromatic heterocycles. The number of carboxylic acid groups (broad SMARTS) is 1. The Hall–Kier alpha value is -2.82. The van der Waals surface area contributed by atoms with Crippen molar-refractivity contribution in [3.8, 4) is 11.1 Å². The summed E-state index contributed by atoms with van der Waals surface area (Å²) in [4.78, 5) is 23.8. The van der Waals surface area contributed by atoms with Crippen LogP contribution in [-0.4, -0.2) is 23.2 Å². The van der Waals surface area contributed by atoms with Gasteiger partial charge in [-0.05, 0) is 17.0 Å². The average molecular weight is 339 g/mol. The van der Waals surface area contributed by atoms with Crippen molar-refractivity contribution in [2.75, 3.05) is 0 Å². The maximum atomic E-state index is 12.4. The fourth-order valence-electron chi connectivity index (χ4n) is 3.19. The van der Waals surface area contributed by atoms with Crippen LogP contribution in [0.15, 0.2) is 48.5 Å².